The average molecular weight is 140 g/mol. The largest absolute Gasteiger partial charge is 0.324 e. The van der Waals surface area contributed by atoms with Crippen LogP contribution in [0.1, 0.15) is 21.2 Å². The van der Waals surface area contributed by atoms with E-state index in [0.29, 0.717) is 11.3 Å². The van der Waals surface area contributed by atoms with Crippen LogP contribution in [0.15, 0.2) is 6.17 Å². The summed E-state index contributed by atoms with van der Waals surface area (Å²) in [7, 11) is 0. The molecular formula is C7H11N3. The number of aromatic nitrogens is 2. The molecule has 10 heavy (non-hydrogen) atoms. The molecule has 0 aliphatic carbocycles. The van der Waals surface area contributed by atoms with E-state index in [0.717, 1.165) is 0 Å². The van der Waals surface area contributed by atoms with Gasteiger partial charge in [-0.05, 0) is 19.4 Å². The van der Waals surface area contributed by atoms with Crippen LogP contribution in [-0.2, 0) is 6.50 Å². The quantitative estimate of drug-likeness (QED) is 0.619. The van der Waals surface area contributed by atoms with Crippen LogP contribution in [0.25, 0.3) is 0 Å². The molecule has 3 nitrogen and oxygen atoms in total. The Labute approximate surface area is 64.5 Å². The van der Waals surface area contributed by atoms with Crippen molar-refractivity contribution in [3.8, 4) is 0 Å². The Morgan fingerprint density at radius 2 is 2.50 bits per heavy atom. The SMILES string of the molecule is [2H]c1nc(C([2H])([2H])N)nc(C)c1C. The Bertz CT molecular complexity index is 309. The summed E-state index contributed by atoms with van der Waals surface area (Å²) in [6.45, 7) is 1.34. The lowest BCUT2D eigenvalue weighted by atomic mass is 10.3. The van der Waals surface area contributed by atoms with Crippen molar-refractivity contribution in [3.63, 3.8) is 0 Å². The molecule has 0 radical (unpaired) electrons. The summed E-state index contributed by atoms with van der Waals surface area (Å²) in [4.78, 5) is 7.53. The van der Waals surface area contributed by atoms with Crippen LogP contribution in [0, 0.1) is 13.8 Å². The van der Waals surface area contributed by atoms with E-state index in [9.17, 15) is 0 Å². The zero-order chi connectivity index (χ0) is 10.2. The maximum Gasteiger partial charge on any atom is 0.142 e. The first kappa shape index (κ1) is 4.03. The highest BCUT2D eigenvalue weighted by Gasteiger charge is 1.95. The first-order chi connectivity index (χ1) is 5.82. The molecule has 2 N–H and O–H groups in total. The molecule has 0 spiro atoms. The van der Waals surface area contributed by atoms with Gasteiger partial charge in [-0.25, -0.2) is 9.97 Å². The smallest absolute Gasteiger partial charge is 0.142 e. The van der Waals surface area contributed by atoms with E-state index < -0.39 is 6.50 Å². The van der Waals surface area contributed by atoms with Gasteiger partial charge < -0.3 is 5.73 Å². The van der Waals surface area contributed by atoms with E-state index in [2.05, 4.69) is 9.97 Å². The monoisotopic (exact) mass is 140 g/mol. The van der Waals surface area contributed by atoms with Crippen LogP contribution in [0.3, 0.4) is 0 Å². The molecule has 1 aromatic rings. The van der Waals surface area contributed by atoms with Crippen molar-refractivity contribution in [2.24, 2.45) is 5.73 Å². The van der Waals surface area contributed by atoms with Crippen molar-refractivity contribution < 1.29 is 4.11 Å². The van der Waals surface area contributed by atoms with Gasteiger partial charge in [0.05, 0.1) is 10.6 Å². The summed E-state index contributed by atoms with van der Waals surface area (Å²) >= 11 is 0. The molecular weight excluding hydrogens is 126 g/mol. The topological polar surface area (TPSA) is 51.8 Å². The minimum absolute atomic E-state index is 0.0248. The lowest BCUT2D eigenvalue weighted by Gasteiger charge is -1.99. The predicted octanol–water partition coefficient (Wildman–Crippen LogP) is 0.552. The minimum Gasteiger partial charge on any atom is -0.324 e. The second kappa shape index (κ2) is 2.75. The number of nitrogens with two attached hydrogens (primary N) is 1. The van der Waals surface area contributed by atoms with E-state index in [1.807, 2.05) is 0 Å². The first-order valence-electron chi connectivity index (χ1n) is 4.43. The third-order valence-corrected chi connectivity index (χ3v) is 1.27. The molecule has 0 bridgehead atoms. The highest BCUT2D eigenvalue weighted by molar-refractivity contribution is 5.13. The van der Waals surface area contributed by atoms with Crippen LogP contribution >= 0.6 is 0 Å². The van der Waals surface area contributed by atoms with Crippen molar-refractivity contribution in [1.29, 1.82) is 0 Å². The zero-order valence-electron chi connectivity index (χ0n) is 8.97. The highest BCUT2D eigenvalue weighted by atomic mass is 14.9. The van der Waals surface area contributed by atoms with Crippen LogP contribution in [0.5, 0.6) is 0 Å². The molecule has 0 aliphatic heterocycles. The summed E-state index contributed by atoms with van der Waals surface area (Å²) in [5.41, 5.74) is 6.40. The Kier molecular flexibility index (Phi) is 1.11. The second-order valence-corrected chi connectivity index (χ2v) is 2.01. The second-order valence-electron chi connectivity index (χ2n) is 2.01. The maximum absolute atomic E-state index is 7.41. The Balaban J connectivity index is 3.29. The lowest BCUT2D eigenvalue weighted by Crippen LogP contribution is -2.04. The van der Waals surface area contributed by atoms with E-state index in [1.165, 1.54) is 0 Å². The van der Waals surface area contributed by atoms with Crippen LogP contribution in [-0.4, -0.2) is 9.97 Å². The van der Waals surface area contributed by atoms with Gasteiger partial charge in [0, 0.05) is 11.9 Å². The van der Waals surface area contributed by atoms with Gasteiger partial charge in [-0.3, -0.25) is 0 Å². The summed E-state index contributed by atoms with van der Waals surface area (Å²) < 4.78 is 21.8. The van der Waals surface area contributed by atoms with Crippen molar-refractivity contribution in [1.82, 2.24) is 9.97 Å². The van der Waals surface area contributed by atoms with Gasteiger partial charge in [-0.2, -0.15) is 0 Å². The Morgan fingerprint density at radius 3 is 3.00 bits per heavy atom. The Hall–Kier alpha value is -0.960. The first-order valence-corrected chi connectivity index (χ1v) is 2.93. The number of hydrogen-bond acceptors (Lipinski definition) is 3. The van der Waals surface area contributed by atoms with Gasteiger partial charge in [0.25, 0.3) is 0 Å². The standard InChI is InChI=1S/C7H11N3/c1-5-4-9-7(3-8)10-6(5)2/h4H,3,8H2,1-2H3/i3D2,4D. The molecule has 0 aromatic carbocycles. The van der Waals surface area contributed by atoms with Crippen molar-refractivity contribution in [2.45, 2.75) is 20.3 Å². The number of hydrogen-bond donors (Lipinski definition) is 1. The van der Waals surface area contributed by atoms with Crippen molar-refractivity contribution >= 4 is 0 Å². The van der Waals surface area contributed by atoms with Gasteiger partial charge in [0.1, 0.15) is 5.82 Å². The fourth-order valence-corrected chi connectivity index (χ4v) is 0.550. The summed E-state index contributed by atoms with van der Waals surface area (Å²) in [5, 5.41) is 0. The van der Waals surface area contributed by atoms with Crippen molar-refractivity contribution in [3.05, 3.63) is 23.3 Å². The molecule has 0 unspecified atom stereocenters. The Morgan fingerprint density at radius 1 is 1.80 bits per heavy atom. The van der Waals surface area contributed by atoms with Crippen LogP contribution in [0.2, 0.25) is 0 Å². The highest BCUT2D eigenvalue weighted by Crippen LogP contribution is 2.00. The molecule has 3 heteroatoms. The molecule has 0 amide bonds. The fraction of sp³-hybridized carbons (Fsp3) is 0.429. The van der Waals surface area contributed by atoms with Crippen LogP contribution < -0.4 is 5.73 Å². The third kappa shape index (κ3) is 1.30. The maximum atomic E-state index is 7.41. The number of nitrogens with zero attached hydrogens (tertiary/aromatic N) is 2. The van der Waals surface area contributed by atoms with Crippen LogP contribution in [0.4, 0.5) is 0 Å². The molecule has 0 aliphatic rings. The van der Waals surface area contributed by atoms with Gasteiger partial charge >= 0.3 is 0 Å². The van der Waals surface area contributed by atoms with Gasteiger partial charge in [-0.1, -0.05) is 0 Å². The zero-order valence-corrected chi connectivity index (χ0v) is 5.97. The number of rotatable bonds is 1. The summed E-state index contributed by atoms with van der Waals surface area (Å²) in [6, 6.07) is 0. The van der Waals surface area contributed by atoms with Gasteiger partial charge in [0.2, 0.25) is 0 Å². The van der Waals surface area contributed by atoms with E-state index in [-0.39, 0.29) is 12.0 Å². The fourth-order valence-electron chi connectivity index (χ4n) is 0.550. The van der Waals surface area contributed by atoms with E-state index in [4.69, 9.17) is 9.85 Å². The van der Waals surface area contributed by atoms with Gasteiger partial charge in [0.15, 0.2) is 0 Å². The minimum atomic E-state index is -2.08. The molecule has 1 heterocycles. The summed E-state index contributed by atoms with van der Waals surface area (Å²) in [5.74, 6) is -0.138. The molecule has 1 rings (SSSR count). The number of aryl methyl sites for hydroxylation is 1. The average Bonchev–Trinajstić information content (AvgIpc) is 1.97. The van der Waals surface area contributed by atoms with Crippen molar-refractivity contribution in [2.75, 3.05) is 0 Å². The normalized spacial score (nSPS) is 15.7. The third-order valence-electron chi connectivity index (χ3n) is 1.27. The molecule has 0 atom stereocenters. The molecule has 1 aromatic heterocycles. The molecule has 0 fully saturated rings. The molecule has 0 saturated carbocycles. The molecule has 0 saturated heterocycles. The van der Waals surface area contributed by atoms with E-state index in [1.54, 1.807) is 13.8 Å². The molecule has 54 valence electrons. The summed E-state index contributed by atoms with van der Waals surface area (Å²) in [6.07, 6.45) is 0.0248. The van der Waals surface area contributed by atoms with Gasteiger partial charge in [-0.15, -0.1) is 0 Å². The van der Waals surface area contributed by atoms with E-state index >= 15 is 0 Å². The lowest BCUT2D eigenvalue weighted by molar-refractivity contribution is 0.880. The predicted molar refractivity (Wildman–Crippen MR) is 39.4 cm³/mol.